The summed E-state index contributed by atoms with van der Waals surface area (Å²) in [6.07, 6.45) is 0.392. The molecule has 1 rings (SSSR count). The van der Waals surface area contributed by atoms with E-state index in [2.05, 4.69) is 21.2 Å². The monoisotopic (exact) mass is 215 g/mol. The molecule has 56 valence electrons. The molecule has 9 heavy (non-hydrogen) atoms. The Kier molecular flexibility index (Phi) is 5.89. The van der Waals surface area contributed by atoms with Gasteiger partial charge in [0, 0.05) is 18.4 Å². The number of hydrogen-bond acceptors (Lipinski definition) is 2. The predicted molar refractivity (Wildman–Crippen MR) is 43.7 cm³/mol. The molecule has 0 aromatic carbocycles. The van der Waals surface area contributed by atoms with Crippen LogP contribution < -0.4 is 5.32 Å². The third kappa shape index (κ3) is 3.40. The van der Waals surface area contributed by atoms with Crippen LogP contribution in [0, 0.1) is 0 Å². The van der Waals surface area contributed by atoms with Gasteiger partial charge in [-0.1, -0.05) is 15.9 Å². The first kappa shape index (κ1) is 9.69. The maximum atomic E-state index is 5.32. The van der Waals surface area contributed by atoms with Gasteiger partial charge in [-0.25, -0.2) is 0 Å². The molecule has 0 bridgehead atoms. The van der Waals surface area contributed by atoms with Crippen molar-refractivity contribution >= 4 is 28.3 Å². The number of halogens is 2. The van der Waals surface area contributed by atoms with Crippen LogP contribution in [0.3, 0.4) is 0 Å². The van der Waals surface area contributed by atoms with Gasteiger partial charge in [-0.05, 0) is 0 Å². The van der Waals surface area contributed by atoms with Crippen LogP contribution in [0.2, 0.25) is 0 Å². The molecule has 0 saturated carbocycles. The number of nitrogens with one attached hydrogen (secondary N) is 1. The highest BCUT2D eigenvalue weighted by Crippen LogP contribution is 1.98. The number of alkyl halides is 1. The van der Waals surface area contributed by atoms with Crippen LogP contribution in [-0.4, -0.2) is 31.1 Å². The van der Waals surface area contributed by atoms with Crippen molar-refractivity contribution in [3.63, 3.8) is 0 Å². The number of hydrogen-bond donors (Lipinski definition) is 1. The van der Waals surface area contributed by atoms with Crippen LogP contribution in [0.15, 0.2) is 0 Å². The van der Waals surface area contributed by atoms with Crippen molar-refractivity contribution in [2.45, 2.75) is 6.10 Å². The van der Waals surface area contributed by atoms with E-state index in [1.807, 2.05) is 0 Å². The molecule has 1 saturated heterocycles. The van der Waals surface area contributed by atoms with E-state index in [1.165, 1.54) is 0 Å². The van der Waals surface area contributed by atoms with E-state index in [9.17, 15) is 0 Å². The number of ether oxygens (including phenoxy) is 1. The minimum absolute atomic E-state index is 0. The molecule has 4 heteroatoms. The van der Waals surface area contributed by atoms with Crippen molar-refractivity contribution in [3.8, 4) is 0 Å². The molecule has 2 nitrogen and oxygen atoms in total. The van der Waals surface area contributed by atoms with Crippen LogP contribution >= 0.6 is 28.3 Å². The maximum Gasteiger partial charge on any atom is 0.0796 e. The first-order valence-corrected chi connectivity index (χ1v) is 3.94. The highest BCUT2D eigenvalue weighted by Gasteiger charge is 2.09. The van der Waals surface area contributed by atoms with E-state index in [-0.39, 0.29) is 12.4 Å². The first-order valence-electron chi connectivity index (χ1n) is 2.82. The van der Waals surface area contributed by atoms with E-state index < -0.39 is 0 Å². The largest absolute Gasteiger partial charge is 0.375 e. The van der Waals surface area contributed by atoms with Crippen LogP contribution in [0.25, 0.3) is 0 Å². The summed E-state index contributed by atoms with van der Waals surface area (Å²) in [5.41, 5.74) is 0. The van der Waals surface area contributed by atoms with Crippen molar-refractivity contribution in [1.82, 2.24) is 5.32 Å². The normalized spacial score (nSPS) is 27.0. The number of morpholine rings is 1. The fourth-order valence-corrected chi connectivity index (χ4v) is 1.13. The van der Waals surface area contributed by atoms with Gasteiger partial charge in [-0.15, -0.1) is 12.4 Å². The third-order valence-corrected chi connectivity index (χ3v) is 1.90. The fraction of sp³-hybridized carbons (Fsp3) is 1.00. The molecule has 0 radical (unpaired) electrons. The molecule has 1 heterocycles. The zero-order valence-electron chi connectivity index (χ0n) is 5.10. The summed E-state index contributed by atoms with van der Waals surface area (Å²) in [6.45, 7) is 2.85. The molecule has 1 atom stereocenters. The summed E-state index contributed by atoms with van der Waals surface area (Å²) in [5.74, 6) is 0. The van der Waals surface area contributed by atoms with Crippen LogP contribution in [-0.2, 0) is 4.74 Å². The Hall–Kier alpha value is 0.690. The lowest BCUT2D eigenvalue weighted by Gasteiger charge is -2.21. The van der Waals surface area contributed by atoms with Gasteiger partial charge in [-0.2, -0.15) is 0 Å². The molecule has 1 N–H and O–H groups in total. The predicted octanol–water partition coefficient (Wildman–Crippen LogP) is 0.791. The van der Waals surface area contributed by atoms with E-state index in [0.717, 1.165) is 25.0 Å². The number of rotatable bonds is 1. The highest BCUT2D eigenvalue weighted by molar-refractivity contribution is 9.09. The average Bonchev–Trinajstić information content (AvgIpc) is 1.90. The summed E-state index contributed by atoms with van der Waals surface area (Å²) in [6, 6.07) is 0. The summed E-state index contributed by atoms with van der Waals surface area (Å²) in [7, 11) is 0. The Morgan fingerprint density at radius 2 is 2.44 bits per heavy atom. The Bertz CT molecular complexity index is 68.0. The van der Waals surface area contributed by atoms with Gasteiger partial charge in [0.1, 0.15) is 0 Å². The fourth-order valence-electron chi connectivity index (χ4n) is 0.719. The molecule has 0 aromatic heterocycles. The second-order valence-electron chi connectivity index (χ2n) is 1.85. The Balaban J connectivity index is 0.000000640. The zero-order chi connectivity index (χ0) is 5.82. The topological polar surface area (TPSA) is 21.3 Å². The lowest BCUT2D eigenvalue weighted by Crippen LogP contribution is -2.39. The summed E-state index contributed by atoms with van der Waals surface area (Å²) >= 11 is 3.35. The highest BCUT2D eigenvalue weighted by atomic mass is 79.9. The van der Waals surface area contributed by atoms with E-state index >= 15 is 0 Å². The molecule has 0 spiro atoms. The van der Waals surface area contributed by atoms with Gasteiger partial charge in [0.15, 0.2) is 0 Å². The summed E-state index contributed by atoms with van der Waals surface area (Å²) < 4.78 is 5.32. The van der Waals surface area contributed by atoms with Gasteiger partial charge in [0.25, 0.3) is 0 Å². The molecule has 1 aliphatic rings. The molecule has 1 aliphatic heterocycles. The van der Waals surface area contributed by atoms with Gasteiger partial charge < -0.3 is 10.1 Å². The molecule has 0 unspecified atom stereocenters. The lowest BCUT2D eigenvalue weighted by atomic mass is 10.3. The van der Waals surface area contributed by atoms with Crippen LogP contribution in [0.5, 0.6) is 0 Å². The summed E-state index contributed by atoms with van der Waals surface area (Å²) in [5, 5.41) is 4.18. The van der Waals surface area contributed by atoms with Crippen molar-refractivity contribution < 1.29 is 4.74 Å². The minimum atomic E-state index is 0. The van der Waals surface area contributed by atoms with E-state index in [1.54, 1.807) is 0 Å². The standard InChI is InChI=1S/C5H10BrNO.ClH/c6-3-5-4-7-1-2-8-5;/h5,7H,1-4H2;1H/t5-;/m0./s1. The molecule has 0 amide bonds. The van der Waals surface area contributed by atoms with Crippen LogP contribution in [0.1, 0.15) is 0 Å². The van der Waals surface area contributed by atoms with Crippen molar-refractivity contribution in [2.75, 3.05) is 25.0 Å². The quantitative estimate of drug-likeness (QED) is 0.655. The zero-order valence-corrected chi connectivity index (χ0v) is 7.50. The second kappa shape index (κ2) is 5.47. The molecular weight excluding hydrogens is 205 g/mol. The van der Waals surface area contributed by atoms with Gasteiger partial charge in [-0.3, -0.25) is 0 Å². The maximum absolute atomic E-state index is 5.32. The molecule has 0 aromatic rings. The van der Waals surface area contributed by atoms with Gasteiger partial charge >= 0.3 is 0 Å². The first-order chi connectivity index (χ1) is 3.93. The minimum Gasteiger partial charge on any atom is -0.375 e. The molecular formula is C5H11BrClNO. The Morgan fingerprint density at radius 3 is 2.78 bits per heavy atom. The van der Waals surface area contributed by atoms with Crippen molar-refractivity contribution in [1.29, 1.82) is 0 Å². The van der Waals surface area contributed by atoms with Crippen molar-refractivity contribution in [2.24, 2.45) is 0 Å². The molecule has 0 aliphatic carbocycles. The van der Waals surface area contributed by atoms with E-state index in [4.69, 9.17) is 4.74 Å². The Morgan fingerprint density at radius 1 is 1.67 bits per heavy atom. The molecule has 1 fully saturated rings. The van der Waals surface area contributed by atoms with E-state index in [0.29, 0.717) is 6.10 Å². The third-order valence-electron chi connectivity index (χ3n) is 1.18. The van der Waals surface area contributed by atoms with Crippen LogP contribution in [0.4, 0.5) is 0 Å². The average molecular weight is 217 g/mol. The van der Waals surface area contributed by atoms with Gasteiger partial charge in [0.2, 0.25) is 0 Å². The van der Waals surface area contributed by atoms with Gasteiger partial charge in [0.05, 0.1) is 12.7 Å². The Labute approximate surface area is 69.9 Å². The summed E-state index contributed by atoms with van der Waals surface area (Å²) in [4.78, 5) is 0. The smallest absolute Gasteiger partial charge is 0.0796 e. The lowest BCUT2D eigenvalue weighted by molar-refractivity contribution is 0.0448. The second-order valence-corrected chi connectivity index (χ2v) is 2.50. The van der Waals surface area contributed by atoms with Crippen molar-refractivity contribution in [3.05, 3.63) is 0 Å². The SMILES string of the molecule is BrC[C@H]1CNCCO1.Cl.